The van der Waals surface area contributed by atoms with Gasteiger partial charge in [0.2, 0.25) is 5.43 Å². The van der Waals surface area contributed by atoms with Gasteiger partial charge in [0, 0.05) is 5.56 Å². The van der Waals surface area contributed by atoms with E-state index in [1.165, 1.54) is 0 Å². The van der Waals surface area contributed by atoms with Crippen LogP contribution in [-0.4, -0.2) is 14.6 Å². The zero-order chi connectivity index (χ0) is 20.9. The molecular formula is C19H9N5O5. The van der Waals surface area contributed by atoms with Gasteiger partial charge in [-0.15, -0.1) is 0 Å². The van der Waals surface area contributed by atoms with E-state index < -0.39 is 27.7 Å². The summed E-state index contributed by atoms with van der Waals surface area (Å²) in [4.78, 5) is 51.2. The van der Waals surface area contributed by atoms with E-state index in [1.807, 2.05) is 5.10 Å². The molecule has 2 N–H and O–H groups in total. The molecule has 140 valence electrons. The van der Waals surface area contributed by atoms with E-state index in [4.69, 9.17) is 4.42 Å². The third kappa shape index (κ3) is 2.48. The summed E-state index contributed by atoms with van der Waals surface area (Å²) in [5.74, 6) is 0. The van der Waals surface area contributed by atoms with Gasteiger partial charge in [-0.25, -0.2) is 0 Å². The second-order valence-corrected chi connectivity index (χ2v) is 6.21. The summed E-state index contributed by atoms with van der Waals surface area (Å²) in [6.07, 6.45) is 1.05. The molecule has 10 nitrogen and oxygen atoms in total. The van der Waals surface area contributed by atoms with Gasteiger partial charge >= 0.3 is 11.1 Å². The third-order valence-electron chi connectivity index (χ3n) is 4.45. The molecule has 0 aliphatic heterocycles. The molecule has 3 heterocycles. The molecule has 1 aromatic carbocycles. The lowest BCUT2D eigenvalue weighted by molar-refractivity contribution is 0.604. The Morgan fingerprint density at radius 1 is 1.03 bits per heavy atom. The first-order valence-electron chi connectivity index (χ1n) is 8.15. The molecule has 0 atom stereocenters. The standard InChI is InChI=1S/C19H9N5O5/c1-8-2-3-13-9(4-8)15(25)12(7-29-13)14-10(5-20)16-22-17(26)18(27)23-24(16)19(28)11(14)6-21/h2-4,7H,1H3,(H,22,26)(H,23,27). The van der Waals surface area contributed by atoms with Gasteiger partial charge in [0.15, 0.2) is 5.65 Å². The van der Waals surface area contributed by atoms with E-state index in [1.54, 1.807) is 37.3 Å². The van der Waals surface area contributed by atoms with Crippen LogP contribution in [-0.2, 0) is 0 Å². The zero-order valence-corrected chi connectivity index (χ0v) is 14.7. The SMILES string of the molecule is Cc1ccc2occ(-c3c(C#N)c(=O)n4[nH]c(=O)c(=O)[nH]c4c3C#N)c(=O)c2c1. The van der Waals surface area contributed by atoms with E-state index in [-0.39, 0.29) is 33.3 Å². The molecule has 0 spiro atoms. The lowest BCUT2D eigenvalue weighted by atomic mass is 9.97. The normalized spacial score (nSPS) is 10.7. The number of aromatic nitrogens is 3. The topological polar surface area (TPSA) is 165 Å². The molecule has 0 aliphatic rings. The molecule has 4 aromatic rings. The van der Waals surface area contributed by atoms with Crippen molar-refractivity contribution in [1.29, 1.82) is 10.5 Å². The van der Waals surface area contributed by atoms with Crippen LogP contribution in [0.25, 0.3) is 27.7 Å². The quantitative estimate of drug-likeness (QED) is 0.449. The number of nitrogens with zero attached hydrogens (tertiary/aromatic N) is 3. The van der Waals surface area contributed by atoms with Crippen LogP contribution >= 0.6 is 0 Å². The van der Waals surface area contributed by atoms with E-state index in [9.17, 15) is 29.7 Å². The largest absolute Gasteiger partial charge is 0.463 e. The highest BCUT2D eigenvalue weighted by molar-refractivity contribution is 5.87. The van der Waals surface area contributed by atoms with Crippen LogP contribution in [0.1, 0.15) is 16.7 Å². The number of fused-ring (bicyclic) bond motifs is 2. The fourth-order valence-electron chi connectivity index (χ4n) is 3.12. The molecule has 0 unspecified atom stereocenters. The van der Waals surface area contributed by atoms with Gasteiger partial charge in [0.1, 0.15) is 35.1 Å². The maximum absolute atomic E-state index is 13.1. The fourth-order valence-corrected chi connectivity index (χ4v) is 3.12. The van der Waals surface area contributed by atoms with Crippen molar-refractivity contribution < 1.29 is 4.42 Å². The average Bonchev–Trinajstić information content (AvgIpc) is 2.70. The van der Waals surface area contributed by atoms with Gasteiger partial charge in [0.05, 0.1) is 10.9 Å². The fraction of sp³-hybridized carbons (Fsp3) is 0.0526. The van der Waals surface area contributed by atoms with Crippen molar-refractivity contribution in [3.8, 4) is 23.3 Å². The molecule has 3 aromatic heterocycles. The summed E-state index contributed by atoms with van der Waals surface area (Å²) in [5.41, 5.74) is -4.44. The first-order valence-corrected chi connectivity index (χ1v) is 8.15. The zero-order valence-electron chi connectivity index (χ0n) is 14.7. The minimum atomic E-state index is -1.14. The number of benzene rings is 1. The first kappa shape index (κ1) is 17.7. The van der Waals surface area contributed by atoms with Crippen LogP contribution in [0.15, 0.2) is 48.1 Å². The Morgan fingerprint density at radius 2 is 1.76 bits per heavy atom. The smallest absolute Gasteiger partial charge is 0.328 e. The van der Waals surface area contributed by atoms with Crippen LogP contribution in [0.2, 0.25) is 0 Å². The Hall–Kier alpha value is -4.70. The second kappa shape index (κ2) is 6.18. The van der Waals surface area contributed by atoms with Crippen molar-refractivity contribution in [3.63, 3.8) is 0 Å². The third-order valence-corrected chi connectivity index (χ3v) is 4.45. The lowest BCUT2D eigenvalue weighted by Crippen LogP contribution is -2.37. The van der Waals surface area contributed by atoms with Crippen molar-refractivity contribution in [1.82, 2.24) is 14.6 Å². The molecule has 0 radical (unpaired) electrons. The Kier molecular flexibility index (Phi) is 3.77. The summed E-state index contributed by atoms with van der Waals surface area (Å²) in [7, 11) is 0. The molecule has 10 heteroatoms. The molecule has 0 aliphatic carbocycles. The highest BCUT2D eigenvalue weighted by Gasteiger charge is 2.24. The van der Waals surface area contributed by atoms with Crippen LogP contribution in [0.4, 0.5) is 0 Å². The van der Waals surface area contributed by atoms with Crippen molar-refractivity contribution in [3.05, 3.63) is 82.4 Å². The number of nitrogens with one attached hydrogen (secondary N) is 2. The summed E-state index contributed by atoms with van der Waals surface area (Å²) >= 11 is 0. The predicted octanol–water partition coefficient (Wildman–Crippen LogP) is 0.501. The van der Waals surface area contributed by atoms with Crippen LogP contribution in [0.3, 0.4) is 0 Å². The minimum absolute atomic E-state index is 0.192. The van der Waals surface area contributed by atoms with Crippen molar-refractivity contribution in [2.75, 3.05) is 0 Å². The van der Waals surface area contributed by atoms with Gasteiger partial charge in [-0.05, 0) is 19.1 Å². The number of nitriles is 2. The highest BCUT2D eigenvalue weighted by Crippen LogP contribution is 2.26. The van der Waals surface area contributed by atoms with E-state index in [2.05, 4.69) is 4.98 Å². The summed E-state index contributed by atoms with van der Waals surface area (Å²) in [5, 5.41) is 21.4. The maximum atomic E-state index is 13.1. The number of rotatable bonds is 1. The Morgan fingerprint density at radius 3 is 2.45 bits per heavy atom. The van der Waals surface area contributed by atoms with E-state index >= 15 is 0 Å². The van der Waals surface area contributed by atoms with Gasteiger partial charge in [-0.2, -0.15) is 15.0 Å². The first-order chi connectivity index (χ1) is 13.9. The van der Waals surface area contributed by atoms with Gasteiger partial charge in [-0.1, -0.05) is 11.6 Å². The number of pyridine rings is 1. The van der Waals surface area contributed by atoms with Gasteiger partial charge in [0.25, 0.3) is 5.56 Å². The molecular weight excluding hydrogens is 378 g/mol. The Balaban J connectivity index is 2.28. The van der Waals surface area contributed by atoms with Crippen molar-refractivity contribution in [2.45, 2.75) is 6.92 Å². The highest BCUT2D eigenvalue weighted by atomic mass is 16.3. The van der Waals surface area contributed by atoms with Gasteiger partial charge in [-0.3, -0.25) is 24.3 Å². The second-order valence-electron chi connectivity index (χ2n) is 6.21. The summed E-state index contributed by atoms with van der Waals surface area (Å²) in [6, 6.07) is 8.39. The van der Waals surface area contributed by atoms with Crippen LogP contribution in [0, 0.1) is 29.6 Å². The monoisotopic (exact) mass is 387 g/mol. The Labute approximate surface area is 159 Å². The molecule has 0 bridgehead atoms. The number of aromatic amines is 2. The number of hydrogen-bond donors (Lipinski definition) is 2. The summed E-state index contributed by atoms with van der Waals surface area (Å²) in [6.45, 7) is 1.77. The van der Waals surface area contributed by atoms with Crippen molar-refractivity contribution in [2.24, 2.45) is 0 Å². The average molecular weight is 387 g/mol. The lowest BCUT2D eigenvalue weighted by Gasteiger charge is -2.10. The predicted molar refractivity (Wildman–Crippen MR) is 101 cm³/mol. The van der Waals surface area contributed by atoms with Crippen LogP contribution in [0.5, 0.6) is 0 Å². The number of H-pyrrole nitrogens is 2. The molecule has 0 fully saturated rings. The molecule has 4 rings (SSSR count). The number of aryl methyl sites for hydroxylation is 1. The molecule has 29 heavy (non-hydrogen) atoms. The molecule has 0 saturated carbocycles. The van der Waals surface area contributed by atoms with Crippen molar-refractivity contribution >= 4 is 16.6 Å². The number of hydrogen-bond acceptors (Lipinski definition) is 7. The Bertz CT molecular complexity index is 1670. The van der Waals surface area contributed by atoms with E-state index in [0.29, 0.717) is 4.52 Å². The summed E-state index contributed by atoms with van der Waals surface area (Å²) < 4.78 is 6.06. The molecule has 0 amide bonds. The van der Waals surface area contributed by atoms with Crippen LogP contribution < -0.4 is 22.1 Å². The van der Waals surface area contributed by atoms with E-state index in [0.717, 1.165) is 11.8 Å². The minimum Gasteiger partial charge on any atom is -0.463 e. The molecule has 0 saturated heterocycles. The maximum Gasteiger partial charge on any atom is 0.328 e. The van der Waals surface area contributed by atoms with Gasteiger partial charge < -0.3 is 9.40 Å².